The van der Waals surface area contributed by atoms with Gasteiger partial charge in [-0.15, -0.1) is 0 Å². The second-order valence-electron chi connectivity index (χ2n) is 6.52. The molecule has 2 saturated heterocycles. The Kier molecular flexibility index (Phi) is 4.92. The Morgan fingerprint density at radius 1 is 1.21 bits per heavy atom. The predicted molar refractivity (Wildman–Crippen MR) is 87.1 cm³/mol. The van der Waals surface area contributed by atoms with Crippen molar-refractivity contribution in [2.75, 3.05) is 18.0 Å². The number of carbonyl (C=O) groups is 3. The van der Waals surface area contributed by atoms with Crippen molar-refractivity contribution in [3.8, 4) is 0 Å². The van der Waals surface area contributed by atoms with Crippen LogP contribution in [0.5, 0.6) is 0 Å². The van der Waals surface area contributed by atoms with Crippen LogP contribution in [0.3, 0.4) is 0 Å². The number of imide groups is 1. The second-order valence-corrected chi connectivity index (χ2v) is 6.52. The molecule has 0 aliphatic carbocycles. The van der Waals surface area contributed by atoms with Crippen LogP contribution in [0.15, 0.2) is 18.2 Å². The molecule has 2 aliphatic heterocycles. The van der Waals surface area contributed by atoms with E-state index in [9.17, 15) is 18.8 Å². The first-order chi connectivity index (χ1) is 11.6. The molecule has 3 rings (SSSR count). The van der Waals surface area contributed by atoms with Crippen molar-refractivity contribution in [3.05, 3.63) is 29.6 Å². The Hall–Kier alpha value is -2.24. The number of aldehydes is 1. The average molecular weight is 332 g/mol. The molecule has 1 atom stereocenters. The molecule has 0 aromatic heterocycles. The van der Waals surface area contributed by atoms with Crippen LogP contribution in [-0.4, -0.2) is 31.2 Å². The monoisotopic (exact) mass is 332 g/mol. The number of amides is 2. The lowest BCUT2D eigenvalue weighted by atomic mass is 9.89. The van der Waals surface area contributed by atoms with Gasteiger partial charge in [0.15, 0.2) is 0 Å². The van der Waals surface area contributed by atoms with E-state index in [1.54, 1.807) is 18.2 Å². The van der Waals surface area contributed by atoms with E-state index in [4.69, 9.17) is 0 Å². The molecule has 1 N–H and O–H groups in total. The van der Waals surface area contributed by atoms with Crippen molar-refractivity contribution in [1.29, 1.82) is 0 Å². The third kappa shape index (κ3) is 3.32. The Morgan fingerprint density at radius 3 is 2.62 bits per heavy atom. The maximum Gasteiger partial charge on any atom is 0.234 e. The number of benzene rings is 1. The van der Waals surface area contributed by atoms with Crippen molar-refractivity contribution in [2.24, 2.45) is 5.92 Å². The maximum atomic E-state index is 15.0. The van der Waals surface area contributed by atoms with Gasteiger partial charge in [-0.25, -0.2) is 4.39 Å². The van der Waals surface area contributed by atoms with Crippen LogP contribution in [0.1, 0.15) is 43.6 Å². The molecule has 0 bridgehead atoms. The third-order valence-corrected chi connectivity index (χ3v) is 5.01. The third-order valence-electron chi connectivity index (χ3n) is 5.01. The summed E-state index contributed by atoms with van der Waals surface area (Å²) in [5.41, 5.74) is 0.856. The van der Waals surface area contributed by atoms with Crippen LogP contribution in [0.25, 0.3) is 0 Å². The van der Waals surface area contributed by atoms with Crippen LogP contribution in [0.4, 0.5) is 10.1 Å². The lowest BCUT2D eigenvalue weighted by Gasteiger charge is -2.34. The largest absolute Gasteiger partial charge is 0.369 e. The molecule has 6 heteroatoms. The lowest BCUT2D eigenvalue weighted by Crippen LogP contribution is -2.40. The first-order valence-electron chi connectivity index (χ1n) is 8.41. The van der Waals surface area contributed by atoms with E-state index in [-0.39, 0.29) is 18.1 Å². The first kappa shape index (κ1) is 16.6. The lowest BCUT2D eigenvalue weighted by molar-refractivity contribution is -0.134. The van der Waals surface area contributed by atoms with Crippen LogP contribution in [0.2, 0.25) is 0 Å². The highest BCUT2D eigenvalue weighted by molar-refractivity contribution is 6.01. The number of anilines is 1. The molecule has 0 radical (unpaired) electrons. The number of rotatable bonds is 4. The molecule has 2 amide bonds. The predicted octanol–water partition coefficient (Wildman–Crippen LogP) is 2.15. The molecule has 5 nitrogen and oxygen atoms in total. The standard InChI is InChI=1S/C18H21FN2O3/c19-17-13(14-4-5-16(23)20-18(14)24)2-1-3-15(17)21-9-6-12(7-10-21)8-11-22/h1-3,11-12,14H,4-10H2,(H,20,23,24)/t14-/m0/s1. The second kappa shape index (κ2) is 7.11. The summed E-state index contributed by atoms with van der Waals surface area (Å²) in [7, 11) is 0. The van der Waals surface area contributed by atoms with Crippen molar-refractivity contribution in [2.45, 2.75) is 38.0 Å². The van der Waals surface area contributed by atoms with E-state index in [1.807, 2.05) is 4.90 Å². The molecule has 1 aromatic rings. The molecule has 24 heavy (non-hydrogen) atoms. The van der Waals surface area contributed by atoms with Crippen LogP contribution >= 0.6 is 0 Å². The van der Waals surface area contributed by atoms with Gasteiger partial charge in [-0.3, -0.25) is 14.9 Å². The number of nitrogens with one attached hydrogen (secondary N) is 1. The van der Waals surface area contributed by atoms with E-state index in [0.29, 0.717) is 43.1 Å². The van der Waals surface area contributed by atoms with Crippen LogP contribution in [-0.2, 0) is 14.4 Å². The number of carbonyl (C=O) groups excluding carboxylic acids is 3. The summed E-state index contributed by atoms with van der Waals surface area (Å²) in [5, 5.41) is 2.28. The fourth-order valence-electron chi connectivity index (χ4n) is 3.59. The Bertz CT molecular complexity index is 654. The summed E-state index contributed by atoms with van der Waals surface area (Å²) in [6, 6.07) is 5.11. The van der Waals surface area contributed by atoms with E-state index < -0.39 is 11.8 Å². The minimum Gasteiger partial charge on any atom is -0.369 e. The van der Waals surface area contributed by atoms with Gasteiger partial charge in [0.25, 0.3) is 0 Å². The number of piperidine rings is 2. The fourth-order valence-corrected chi connectivity index (χ4v) is 3.59. The van der Waals surface area contributed by atoms with Gasteiger partial charge in [0, 0.05) is 31.5 Å². The summed E-state index contributed by atoms with van der Waals surface area (Å²) in [5.74, 6) is -1.34. The topological polar surface area (TPSA) is 66.5 Å². The molecule has 2 fully saturated rings. The first-order valence-corrected chi connectivity index (χ1v) is 8.41. The zero-order valence-electron chi connectivity index (χ0n) is 13.5. The van der Waals surface area contributed by atoms with Gasteiger partial charge in [0.2, 0.25) is 11.8 Å². The average Bonchev–Trinajstić information content (AvgIpc) is 2.57. The quantitative estimate of drug-likeness (QED) is 0.678. The summed E-state index contributed by atoms with van der Waals surface area (Å²) < 4.78 is 15.0. The number of halogens is 1. The summed E-state index contributed by atoms with van der Waals surface area (Å²) in [6.45, 7) is 1.41. The summed E-state index contributed by atoms with van der Waals surface area (Å²) in [4.78, 5) is 35.9. The molecule has 2 aliphatic rings. The molecule has 0 saturated carbocycles. The van der Waals surface area contributed by atoms with Gasteiger partial charge in [0.1, 0.15) is 12.1 Å². The summed E-state index contributed by atoms with van der Waals surface area (Å²) in [6.07, 6.45) is 3.81. The minimum atomic E-state index is -0.616. The SMILES string of the molecule is O=CCC1CCN(c2cccc([C@@H]3CCC(=O)NC3=O)c2F)CC1. The van der Waals surface area contributed by atoms with Gasteiger partial charge in [0.05, 0.1) is 11.6 Å². The molecule has 128 valence electrons. The van der Waals surface area contributed by atoms with E-state index in [0.717, 1.165) is 19.1 Å². The normalized spacial score (nSPS) is 22.4. The van der Waals surface area contributed by atoms with Gasteiger partial charge < -0.3 is 9.69 Å². The Labute approximate surface area is 140 Å². The smallest absolute Gasteiger partial charge is 0.234 e. The molecule has 2 heterocycles. The zero-order chi connectivity index (χ0) is 17.1. The van der Waals surface area contributed by atoms with Crippen molar-refractivity contribution in [1.82, 2.24) is 5.32 Å². The van der Waals surface area contributed by atoms with Crippen LogP contribution < -0.4 is 10.2 Å². The van der Waals surface area contributed by atoms with Gasteiger partial charge in [-0.2, -0.15) is 0 Å². The molecule has 1 aromatic carbocycles. The van der Waals surface area contributed by atoms with Crippen LogP contribution in [0, 0.1) is 11.7 Å². The maximum absolute atomic E-state index is 15.0. The zero-order valence-corrected chi connectivity index (χ0v) is 13.5. The number of nitrogens with zero attached hydrogens (tertiary/aromatic N) is 1. The van der Waals surface area contributed by atoms with Gasteiger partial charge >= 0.3 is 0 Å². The number of hydrogen-bond acceptors (Lipinski definition) is 4. The molecular formula is C18H21FN2O3. The highest BCUT2D eigenvalue weighted by Gasteiger charge is 2.31. The molecule has 0 spiro atoms. The van der Waals surface area contributed by atoms with Crippen molar-refractivity contribution < 1.29 is 18.8 Å². The number of hydrogen-bond donors (Lipinski definition) is 1. The summed E-state index contributed by atoms with van der Waals surface area (Å²) >= 11 is 0. The highest BCUT2D eigenvalue weighted by atomic mass is 19.1. The van der Waals surface area contributed by atoms with Gasteiger partial charge in [-0.05, 0) is 31.2 Å². The van der Waals surface area contributed by atoms with Crippen molar-refractivity contribution >= 4 is 23.8 Å². The minimum absolute atomic E-state index is 0.233. The van der Waals surface area contributed by atoms with E-state index in [2.05, 4.69) is 5.32 Å². The van der Waals surface area contributed by atoms with Crippen molar-refractivity contribution in [3.63, 3.8) is 0 Å². The Balaban J connectivity index is 1.78. The fraction of sp³-hybridized carbons (Fsp3) is 0.500. The Morgan fingerprint density at radius 2 is 1.96 bits per heavy atom. The highest BCUT2D eigenvalue weighted by Crippen LogP contribution is 2.33. The van der Waals surface area contributed by atoms with E-state index >= 15 is 0 Å². The van der Waals surface area contributed by atoms with E-state index in [1.165, 1.54) is 0 Å². The van der Waals surface area contributed by atoms with Gasteiger partial charge in [-0.1, -0.05) is 12.1 Å². The molecule has 0 unspecified atom stereocenters. The molecular weight excluding hydrogens is 311 g/mol.